The van der Waals surface area contributed by atoms with E-state index in [0.717, 1.165) is 43.0 Å². The third-order valence-electron chi connectivity index (χ3n) is 3.67. The number of hydrogen-bond donors (Lipinski definition) is 1. The molecule has 2 aromatic rings. The summed E-state index contributed by atoms with van der Waals surface area (Å²) in [5, 5.41) is 10.8. The van der Waals surface area contributed by atoms with E-state index in [9.17, 15) is 18.5 Å². The number of non-ortho nitro benzene ring substituents is 1. The Hall–Kier alpha value is -2.61. The number of benzene rings is 2. The van der Waals surface area contributed by atoms with Gasteiger partial charge in [-0.1, -0.05) is 25.5 Å². The first-order valence-electron chi connectivity index (χ1n) is 7.81. The van der Waals surface area contributed by atoms with Crippen molar-refractivity contribution < 1.29 is 18.1 Å². The Morgan fingerprint density at radius 1 is 1.16 bits per heavy atom. The van der Waals surface area contributed by atoms with E-state index in [0.29, 0.717) is 5.69 Å². The minimum Gasteiger partial charge on any atom is -0.495 e. The fourth-order valence-electron chi connectivity index (χ4n) is 2.32. The van der Waals surface area contributed by atoms with Crippen LogP contribution in [0.3, 0.4) is 0 Å². The summed E-state index contributed by atoms with van der Waals surface area (Å²) in [4.78, 5) is 10.0. The Bertz CT molecular complexity index is 848. The zero-order chi connectivity index (χ0) is 18.4. The van der Waals surface area contributed by atoms with Crippen LogP contribution in [0, 0.1) is 10.1 Å². The van der Waals surface area contributed by atoms with Gasteiger partial charge >= 0.3 is 0 Å². The highest BCUT2D eigenvalue weighted by Gasteiger charge is 2.22. The van der Waals surface area contributed by atoms with Gasteiger partial charge in [0.25, 0.3) is 15.7 Å². The fraction of sp³-hybridized carbons (Fsp3) is 0.294. The van der Waals surface area contributed by atoms with Crippen LogP contribution in [-0.4, -0.2) is 20.5 Å². The van der Waals surface area contributed by atoms with Crippen LogP contribution >= 0.6 is 0 Å². The molecule has 7 nitrogen and oxygen atoms in total. The Kier molecular flexibility index (Phi) is 5.97. The molecule has 0 saturated heterocycles. The topological polar surface area (TPSA) is 98.5 Å². The highest BCUT2D eigenvalue weighted by molar-refractivity contribution is 7.92. The van der Waals surface area contributed by atoms with Gasteiger partial charge in [0, 0.05) is 11.8 Å². The molecule has 0 saturated carbocycles. The van der Waals surface area contributed by atoms with Crippen LogP contribution in [-0.2, 0) is 16.4 Å². The molecule has 0 fully saturated rings. The molecule has 0 unspecified atom stereocenters. The molecule has 0 aliphatic heterocycles. The molecule has 0 bridgehead atoms. The summed E-state index contributed by atoms with van der Waals surface area (Å²) in [6.45, 7) is 2.11. The molecule has 0 aliphatic rings. The third-order valence-corrected chi connectivity index (χ3v) is 5.09. The second-order valence-corrected chi connectivity index (χ2v) is 7.15. The molecule has 1 N–H and O–H groups in total. The summed E-state index contributed by atoms with van der Waals surface area (Å²) < 4.78 is 32.6. The Morgan fingerprint density at radius 2 is 1.84 bits per heavy atom. The van der Waals surface area contributed by atoms with E-state index in [-0.39, 0.29) is 16.3 Å². The van der Waals surface area contributed by atoms with Crippen molar-refractivity contribution >= 4 is 21.4 Å². The van der Waals surface area contributed by atoms with Gasteiger partial charge in [-0.25, -0.2) is 8.42 Å². The predicted octanol–water partition coefficient (Wildman–Crippen LogP) is 3.75. The standard InChI is InChI=1S/C17H20N2O5S/c1-3-4-5-13-6-8-14(9-7-13)18-25(22,23)17-11-10-15(19(20)21)12-16(17)24-2/h6-12,18H,3-5H2,1-2H3. The molecule has 8 heteroatoms. The molecule has 134 valence electrons. The van der Waals surface area contributed by atoms with Gasteiger partial charge in [0.1, 0.15) is 10.6 Å². The maximum Gasteiger partial charge on any atom is 0.273 e. The van der Waals surface area contributed by atoms with Gasteiger partial charge in [-0.2, -0.15) is 0 Å². The maximum atomic E-state index is 12.6. The highest BCUT2D eigenvalue weighted by atomic mass is 32.2. The SMILES string of the molecule is CCCCc1ccc(NS(=O)(=O)c2ccc([N+](=O)[O-])cc2OC)cc1. The molecule has 0 aromatic heterocycles. The van der Waals surface area contributed by atoms with Gasteiger partial charge < -0.3 is 4.74 Å². The first kappa shape index (κ1) is 18.7. The molecule has 2 aromatic carbocycles. The summed E-state index contributed by atoms with van der Waals surface area (Å²) in [5.74, 6) is -0.0822. The molecule has 25 heavy (non-hydrogen) atoms. The quantitative estimate of drug-likeness (QED) is 0.568. The minimum atomic E-state index is -3.93. The number of sulfonamides is 1. The van der Waals surface area contributed by atoms with Crippen molar-refractivity contribution in [2.45, 2.75) is 31.1 Å². The van der Waals surface area contributed by atoms with E-state index >= 15 is 0 Å². The number of aryl methyl sites for hydroxylation is 1. The average Bonchev–Trinajstić information content (AvgIpc) is 2.60. The number of nitrogens with zero attached hydrogens (tertiary/aromatic N) is 1. The van der Waals surface area contributed by atoms with Crippen molar-refractivity contribution in [3.8, 4) is 5.75 Å². The van der Waals surface area contributed by atoms with Crippen LogP contribution in [0.15, 0.2) is 47.4 Å². The van der Waals surface area contributed by atoms with Gasteiger partial charge in [0.15, 0.2) is 0 Å². The first-order chi connectivity index (χ1) is 11.9. The van der Waals surface area contributed by atoms with E-state index < -0.39 is 14.9 Å². The van der Waals surface area contributed by atoms with Crippen molar-refractivity contribution in [1.29, 1.82) is 0 Å². The average molecular weight is 364 g/mol. The van der Waals surface area contributed by atoms with E-state index in [2.05, 4.69) is 11.6 Å². The highest BCUT2D eigenvalue weighted by Crippen LogP contribution is 2.29. The second kappa shape index (κ2) is 7.98. The van der Waals surface area contributed by atoms with E-state index in [4.69, 9.17) is 4.74 Å². The number of methoxy groups -OCH3 is 1. The maximum absolute atomic E-state index is 12.6. The van der Waals surface area contributed by atoms with Gasteiger partial charge in [0.05, 0.1) is 18.1 Å². The van der Waals surface area contributed by atoms with Gasteiger partial charge in [-0.05, 0) is 36.6 Å². The minimum absolute atomic E-state index is 0.0822. The molecular formula is C17H20N2O5S. The molecule has 0 aliphatic carbocycles. The van der Waals surface area contributed by atoms with Crippen molar-refractivity contribution in [3.05, 3.63) is 58.1 Å². The number of nitrogens with one attached hydrogen (secondary N) is 1. The monoisotopic (exact) mass is 364 g/mol. The van der Waals surface area contributed by atoms with Crippen LogP contribution in [0.4, 0.5) is 11.4 Å². The molecular weight excluding hydrogens is 344 g/mol. The summed E-state index contributed by atoms with van der Waals surface area (Å²) in [6, 6.07) is 10.5. The van der Waals surface area contributed by atoms with Crippen molar-refractivity contribution in [3.63, 3.8) is 0 Å². The fourth-order valence-corrected chi connectivity index (χ4v) is 3.53. The number of unbranched alkanes of at least 4 members (excludes halogenated alkanes) is 1. The Morgan fingerprint density at radius 3 is 2.40 bits per heavy atom. The van der Waals surface area contributed by atoms with E-state index in [1.165, 1.54) is 7.11 Å². The third kappa shape index (κ3) is 4.69. The number of anilines is 1. The lowest BCUT2D eigenvalue weighted by Crippen LogP contribution is -2.14. The van der Waals surface area contributed by atoms with E-state index in [1.54, 1.807) is 12.1 Å². The van der Waals surface area contributed by atoms with Crippen molar-refractivity contribution in [2.24, 2.45) is 0 Å². The molecule has 0 atom stereocenters. The second-order valence-electron chi connectivity index (χ2n) is 5.50. The van der Waals surface area contributed by atoms with E-state index in [1.807, 2.05) is 12.1 Å². The summed E-state index contributed by atoms with van der Waals surface area (Å²) >= 11 is 0. The van der Waals surface area contributed by atoms with Gasteiger partial charge in [-0.3, -0.25) is 14.8 Å². The Balaban J connectivity index is 2.25. The summed E-state index contributed by atoms with van der Waals surface area (Å²) in [6.07, 6.45) is 3.11. The number of rotatable bonds is 8. The van der Waals surface area contributed by atoms with Crippen LogP contribution < -0.4 is 9.46 Å². The van der Waals surface area contributed by atoms with Crippen LogP contribution in [0.25, 0.3) is 0 Å². The Labute approximate surface area is 146 Å². The first-order valence-corrected chi connectivity index (χ1v) is 9.30. The van der Waals surface area contributed by atoms with Crippen LogP contribution in [0.2, 0.25) is 0 Å². The molecule has 0 heterocycles. The lowest BCUT2D eigenvalue weighted by atomic mass is 10.1. The predicted molar refractivity (Wildman–Crippen MR) is 95.5 cm³/mol. The molecule has 2 rings (SSSR count). The number of nitro groups is 1. The number of hydrogen-bond acceptors (Lipinski definition) is 5. The van der Waals surface area contributed by atoms with Gasteiger partial charge in [0.2, 0.25) is 0 Å². The smallest absolute Gasteiger partial charge is 0.273 e. The number of ether oxygens (including phenoxy) is 1. The molecule has 0 radical (unpaired) electrons. The normalized spacial score (nSPS) is 11.1. The zero-order valence-electron chi connectivity index (χ0n) is 14.1. The zero-order valence-corrected chi connectivity index (χ0v) is 14.9. The van der Waals surface area contributed by atoms with Crippen molar-refractivity contribution in [2.75, 3.05) is 11.8 Å². The molecule has 0 spiro atoms. The van der Waals surface area contributed by atoms with Gasteiger partial charge in [-0.15, -0.1) is 0 Å². The van der Waals surface area contributed by atoms with Crippen LogP contribution in [0.5, 0.6) is 5.75 Å². The summed E-state index contributed by atoms with van der Waals surface area (Å²) in [5.41, 5.74) is 1.31. The lowest BCUT2D eigenvalue weighted by molar-refractivity contribution is -0.385. The number of nitro benzene ring substituents is 1. The van der Waals surface area contributed by atoms with Crippen LogP contribution in [0.1, 0.15) is 25.3 Å². The van der Waals surface area contributed by atoms with Crippen molar-refractivity contribution in [1.82, 2.24) is 0 Å². The lowest BCUT2D eigenvalue weighted by Gasteiger charge is -2.12. The summed E-state index contributed by atoms with van der Waals surface area (Å²) in [7, 11) is -2.66. The largest absolute Gasteiger partial charge is 0.495 e. The molecule has 0 amide bonds.